The Bertz CT molecular complexity index is 89.6. The fourth-order valence-electron chi connectivity index (χ4n) is 1.67. The molecule has 0 atom stereocenters. The van der Waals surface area contributed by atoms with Crippen LogP contribution in [0.2, 0.25) is 0 Å². The minimum atomic E-state index is 0.819. The van der Waals surface area contributed by atoms with Gasteiger partial charge in [0.05, 0.1) is 6.61 Å². The van der Waals surface area contributed by atoms with E-state index in [9.17, 15) is 0 Å². The molecule has 11 heavy (non-hydrogen) atoms. The fourth-order valence-corrected chi connectivity index (χ4v) is 1.80. The first-order chi connectivity index (χ1) is 5.43. The monoisotopic (exact) mass is 174 g/mol. The lowest BCUT2D eigenvalue weighted by Crippen LogP contribution is -2.14. The van der Waals surface area contributed by atoms with E-state index in [4.69, 9.17) is 4.74 Å². The van der Waals surface area contributed by atoms with Crippen LogP contribution in [0.5, 0.6) is 0 Å². The molecule has 1 aliphatic carbocycles. The molecule has 1 nitrogen and oxygen atoms in total. The highest BCUT2D eigenvalue weighted by Crippen LogP contribution is 2.23. The molecule has 0 saturated heterocycles. The molecule has 0 unspecified atom stereocenters. The van der Waals surface area contributed by atoms with Crippen LogP contribution in [0.15, 0.2) is 0 Å². The largest absolute Gasteiger partial charge is 0.380 e. The Balaban J connectivity index is 1.96. The highest BCUT2D eigenvalue weighted by molar-refractivity contribution is 7.80. The van der Waals surface area contributed by atoms with Crippen molar-refractivity contribution in [2.45, 2.75) is 32.1 Å². The lowest BCUT2D eigenvalue weighted by Gasteiger charge is -2.20. The van der Waals surface area contributed by atoms with Gasteiger partial charge >= 0.3 is 0 Å². The summed E-state index contributed by atoms with van der Waals surface area (Å²) in [5.41, 5.74) is 0. The minimum absolute atomic E-state index is 0.819. The summed E-state index contributed by atoms with van der Waals surface area (Å²) in [7, 11) is 0. The third-order valence-electron chi connectivity index (χ3n) is 2.31. The average Bonchev–Trinajstić information content (AvgIpc) is 2.07. The SMILES string of the molecule is SCCOCC1CCCCC1. The van der Waals surface area contributed by atoms with Gasteiger partial charge in [-0.05, 0) is 18.8 Å². The maximum Gasteiger partial charge on any atom is 0.0554 e. The van der Waals surface area contributed by atoms with E-state index in [-0.39, 0.29) is 0 Å². The molecule has 0 aromatic carbocycles. The van der Waals surface area contributed by atoms with Crippen LogP contribution < -0.4 is 0 Å². The predicted molar refractivity (Wildman–Crippen MR) is 51.2 cm³/mol. The zero-order chi connectivity index (χ0) is 7.94. The number of ether oxygens (including phenoxy) is 1. The van der Waals surface area contributed by atoms with Crippen LogP contribution >= 0.6 is 12.6 Å². The van der Waals surface area contributed by atoms with Gasteiger partial charge in [0.15, 0.2) is 0 Å². The van der Waals surface area contributed by atoms with E-state index in [1.54, 1.807) is 0 Å². The van der Waals surface area contributed by atoms with Gasteiger partial charge in [-0.25, -0.2) is 0 Å². The number of hydrogen-bond donors (Lipinski definition) is 1. The number of thiol groups is 1. The quantitative estimate of drug-likeness (QED) is 0.509. The summed E-state index contributed by atoms with van der Waals surface area (Å²) in [6.45, 7) is 1.79. The predicted octanol–water partition coefficient (Wildman–Crippen LogP) is 2.51. The van der Waals surface area contributed by atoms with Gasteiger partial charge in [-0.2, -0.15) is 12.6 Å². The maximum atomic E-state index is 5.45. The Hall–Kier alpha value is 0.310. The van der Waals surface area contributed by atoms with Crippen molar-refractivity contribution in [1.82, 2.24) is 0 Å². The van der Waals surface area contributed by atoms with Gasteiger partial charge in [0.1, 0.15) is 0 Å². The van der Waals surface area contributed by atoms with Gasteiger partial charge in [0.25, 0.3) is 0 Å². The van der Waals surface area contributed by atoms with Gasteiger partial charge in [0.2, 0.25) is 0 Å². The molecule has 1 fully saturated rings. The molecule has 0 radical (unpaired) electrons. The highest BCUT2D eigenvalue weighted by atomic mass is 32.1. The van der Waals surface area contributed by atoms with Crippen LogP contribution in [-0.4, -0.2) is 19.0 Å². The molecule has 0 N–H and O–H groups in total. The van der Waals surface area contributed by atoms with E-state index >= 15 is 0 Å². The second-order valence-electron chi connectivity index (χ2n) is 3.30. The first kappa shape index (κ1) is 9.40. The summed E-state index contributed by atoms with van der Waals surface area (Å²) in [5.74, 6) is 1.70. The molecule has 0 aromatic heterocycles. The molecular weight excluding hydrogens is 156 g/mol. The van der Waals surface area contributed by atoms with Crippen molar-refractivity contribution in [3.8, 4) is 0 Å². The van der Waals surface area contributed by atoms with Crippen LogP contribution in [0.1, 0.15) is 32.1 Å². The van der Waals surface area contributed by atoms with Crippen molar-refractivity contribution >= 4 is 12.6 Å². The van der Waals surface area contributed by atoms with Crippen molar-refractivity contribution in [3.05, 3.63) is 0 Å². The first-order valence-corrected chi connectivity index (χ1v) is 5.25. The molecule has 0 amide bonds. The third kappa shape index (κ3) is 4.02. The molecule has 1 aliphatic rings. The van der Waals surface area contributed by atoms with Crippen LogP contribution in [0.3, 0.4) is 0 Å². The van der Waals surface area contributed by atoms with Crippen LogP contribution in [0.4, 0.5) is 0 Å². The molecular formula is C9H18OS. The van der Waals surface area contributed by atoms with Gasteiger partial charge in [0, 0.05) is 12.4 Å². The first-order valence-electron chi connectivity index (χ1n) is 4.62. The normalized spacial score (nSPS) is 20.5. The minimum Gasteiger partial charge on any atom is -0.380 e. The van der Waals surface area contributed by atoms with Gasteiger partial charge in [-0.3, -0.25) is 0 Å². The van der Waals surface area contributed by atoms with Crippen molar-refractivity contribution in [2.75, 3.05) is 19.0 Å². The summed E-state index contributed by atoms with van der Waals surface area (Å²) in [6.07, 6.45) is 7.02. The molecule has 2 heteroatoms. The van der Waals surface area contributed by atoms with Crippen molar-refractivity contribution in [1.29, 1.82) is 0 Å². The second-order valence-corrected chi connectivity index (χ2v) is 3.75. The second kappa shape index (κ2) is 5.90. The topological polar surface area (TPSA) is 9.23 Å². The van der Waals surface area contributed by atoms with Crippen molar-refractivity contribution in [3.63, 3.8) is 0 Å². The maximum absolute atomic E-state index is 5.45. The molecule has 0 spiro atoms. The van der Waals surface area contributed by atoms with E-state index in [0.717, 1.165) is 24.9 Å². The van der Waals surface area contributed by atoms with Gasteiger partial charge in [-0.15, -0.1) is 0 Å². The molecule has 0 bridgehead atoms. The lowest BCUT2D eigenvalue weighted by atomic mass is 9.90. The van der Waals surface area contributed by atoms with Crippen molar-refractivity contribution in [2.24, 2.45) is 5.92 Å². The molecule has 0 aromatic rings. The van der Waals surface area contributed by atoms with Gasteiger partial charge < -0.3 is 4.74 Å². The average molecular weight is 174 g/mol. The fraction of sp³-hybridized carbons (Fsp3) is 1.00. The Labute approximate surface area is 74.9 Å². The van der Waals surface area contributed by atoms with E-state index < -0.39 is 0 Å². The molecule has 0 aliphatic heterocycles. The Morgan fingerprint density at radius 3 is 2.55 bits per heavy atom. The summed E-state index contributed by atoms with van der Waals surface area (Å²) in [6, 6.07) is 0. The van der Waals surface area contributed by atoms with Crippen LogP contribution in [0.25, 0.3) is 0 Å². The van der Waals surface area contributed by atoms with Crippen LogP contribution in [0, 0.1) is 5.92 Å². The molecule has 1 rings (SSSR count). The summed E-state index contributed by atoms with van der Waals surface area (Å²) in [5, 5.41) is 0. The standard InChI is InChI=1S/C9H18OS/c11-7-6-10-8-9-4-2-1-3-5-9/h9,11H,1-8H2. The van der Waals surface area contributed by atoms with Gasteiger partial charge in [-0.1, -0.05) is 19.3 Å². The number of rotatable bonds is 4. The van der Waals surface area contributed by atoms with E-state index in [2.05, 4.69) is 12.6 Å². The van der Waals surface area contributed by atoms with E-state index in [1.165, 1.54) is 32.1 Å². The highest BCUT2D eigenvalue weighted by Gasteiger charge is 2.12. The summed E-state index contributed by atoms with van der Waals surface area (Å²) < 4.78 is 5.45. The lowest BCUT2D eigenvalue weighted by molar-refractivity contribution is 0.0968. The molecule has 66 valence electrons. The Morgan fingerprint density at radius 2 is 1.91 bits per heavy atom. The smallest absolute Gasteiger partial charge is 0.0554 e. The Morgan fingerprint density at radius 1 is 1.18 bits per heavy atom. The Kier molecular flexibility index (Phi) is 5.04. The van der Waals surface area contributed by atoms with Crippen molar-refractivity contribution < 1.29 is 4.74 Å². The third-order valence-corrected chi connectivity index (χ3v) is 2.50. The summed E-state index contributed by atoms with van der Waals surface area (Å²) >= 11 is 4.09. The van der Waals surface area contributed by atoms with E-state index in [1.807, 2.05) is 0 Å². The summed E-state index contributed by atoms with van der Waals surface area (Å²) in [4.78, 5) is 0. The number of hydrogen-bond acceptors (Lipinski definition) is 2. The zero-order valence-corrected chi connectivity index (χ0v) is 7.98. The zero-order valence-electron chi connectivity index (χ0n) is 7.09. The molecule has 0 heterocycles. The van der Waals surface area contributed by atoms with Crippen LogP contribution in [-0.2, 0) is 4.74 Å². The van der Waals surface area contributed by atoms with E-state index in [0.29, 0.717) is 0 Å². The molecule has 1 saturated carbocycles.